The van der Waals surface area contributed by atoms with E-state index in [-0.39, 0.29) is 6.03 Å². The van der Waals surface area contributed by atoms with Gasteiger partial charge in [-0.1, -0.05) is 30.3 Å². The smallest absolute Gasteiger partial charge is 0.330 e. The summed E-state index contributed by atoms with van der Waals surface area (Å²) in [4.78, 5) is 17.6. The number of rotatable bonds is 6. The van der Waals surface area contributed by atoms with Crippen LogP contribution in [0.2, 0.25) is 0 Å². The largest absolute Gasteiger partial charge is 0.343 e. The molecule has 1 aromatic rings. The summed E-state index contributed by atoms with van der Waals surface area (Å²) >= 11 is 0. The molecule has 1 aromatic carbocycles. The Bertz CT molecular complexity index is 428. The zero-order valence-corrected chi connectivity index (χ0v) is 10.5. The van der Waals surface area contributed by atoms with Crippen LogP contribution in [-0.2, 0) is 6.42 Å². The summed E-state index contributed by atoms with van der Waals surface area (Å²) in [6, 6.07) is 10.0. The summed E-state index contributed by atoms with van der Waals surface area (Å²) in [5, 5.41) is 0. The molecule has 18 heavy (non-hydrogen) atoms. The van der Waals surface area contributed by atoms with Crippen molar-refractivity contribution in [3.63, 3.8) is 0 Å². The molecule has 4 nitrogen and oxygen atoms in total. The van der Waals surface area contributed by atoms with Gasteiger partial charge < -0.3 is 10.6 Å². The highest BCUT2D eigenvalue weighted by molar-refractivity contribution is 6.03. The fourth-order valence-corrected chi connectivity index (χ4v) is 2.08. The lowest BCUT2D eigenvalue weighted by atomic mass is 10.1. The van der Waals surface area contributed by atoms with Crippen molar-refractivity contribution in [1.82, 2.24) is 4.90 Å². The number of benzene rings is 1. The Morgan fingerprint density at radius 1 is 1.22 bits per heavy atom. The lowest BCUT2D eigenvalue weighted by Gasteiger charge is -2.14. The van der Waals surface area contributed by atoms with Crippen LogP contribution >= 0.6 is 0 Å². The fraction of sp³-hybridized carbons (Fsp3) is 0.429. The number of urea groups is 1. The molecule has 1 heterocycles. The van der Waals surface area contributed by atoms with Crippen molar-refractivity contribution in [2.45, 2.75) is 19.3 Å². The third-order valence-corrected chi connectivity index (χ3v) is 3.03. The van der Waals surface area contributed by atoms with Crippen LogP contribution in [0.5, 0.6) is 0 Å². The second kappa shape index (κ2) is 6.31. The van der Waals surface area contributed by atoms with Gasteiger partial charge in [0.05, 0.1) is 6.54 Å². The van der Waals surface area contributed by atoms with E-state index < -0.39 is 0 Å². The average Bonchev–Trinajstić information content (AvgIpc) is 2.71. The molecule has 0 saturated carbocycles. The predicted molar refractivity (Wildman–Crippen MR) is 72.8 cm³/mol. The summed E-state index contributed by atoms with van der Waals surface area (Å²) in [5.41, 5.74) is 7.60. The van der Waals surface area contributed by atoms with Gasteiger partial charge in [-0.15, -0.1) is 0 Å². The van der Waals surface area contributed by atoms with Crippen LogP contribution in [-0.4, -0.2) is 36.3 Å². The number of unbranched alkanes of at least 4 members (excludes halogenated alkanes) is 1. The van der Waals surface area contributed by atoms with Crippen molar-refractivity contribution in [3.8, 4) is 0 Å². The van der Waals surface area contributed by atoms with Gasteiger partial charge >= 0.3 is 6.03 Å². The van der Waals surface area contributed by atoms with Crippen LogP contribution in [0, 0.1) is 0 Å². The molecule has 0 spiro atoms. The van der Waals surface area contributed by atoms with Gasteiger partial charge in [-0.25, -0.2) is 9.79 Å². The van der Waals surface area contributed by atoms with E-state index in [9.17, 15) is 4.79 Å². The molecule has 0 bridgehead atoms. The van der Waals surface area contributed by atoms with Gasteiger partial charge in [-0.05, 0) is 24.9 Å². The molecular weight excluding hydrogens is 226 g/mol. The van der Waals surface area contributed by atoms with Crippen molar-refractivity contribution in [2.75, 3.05) is 19.6 Å². The lowest BCUT2D eigenvalue weighted by Crippen LogP contribution is -2.28. The van der Waals surface area contributed by atoms with Crippen molar-refractivity contribution in [1.29, 1.82) is 0 Å². The molecule has 0 aromatic heterocycles. The molecule has 0 fully saturated rings. The number of carbonyl (C=O) groups is 1. The Hall–Kier alpha value is -1.68. The molecule has 0 saturated heterocycles. The summed E-state index contributed by atoms with van der Waals surface area (Å²) in [5.74, 6) is 0. The Balaban J connectivity index is 1.86. The van der Waals surface area contributed by atoms with Crippen molar-refractivity contribution < 1.29 is 4.79 Å². The van der Waals surface area contributed by atoms with E-state index in [1.165, 1.54) is 5.56 Å². The first kappa shape index (κ1) is 12.8. The van der Waals surface area contributed by atoms with Crippen molar-refractivity contribution >= 4 is 11.7 Å². The first-order chi connectivity index (χ1) is 8.79. The second-order valence-corrected chi connectivity index (χ2v) is 4.54. The SMILES string of the molecule is NCCCCN1CC(Cc2ccccc2)=NC1=O. The molecule has 2 N–H and O–H groups in total. The topological polar surface area (TPSA) is 58.7 Å². The quantitative estimate of drug-likeness (QED) is 0.777. The molecule has 96 valence electrons. The molecular formula is C14H19N3O. The fourth-order valence-electron chi connectivity index (χ4n) is 2.08. The number of aliphatic imine (C=N–C) groups is 1. The maximum absolute atomic E-state index is 11.7. The lowest BCUT2D eigenvalue weighted by molar-refractivity contribution is 0.218. The van der Waals surface area contributed by atoms with E-state index in [2.05, 4.69) is 17.1 Å². The minimum absolute atomic E-state index is 0.0991. The molecule has 0 unspecified atom stereocenters. The molecule has 1 aliphatic rings. The monoisotopic (exact) mass is 245 g/mol. The first-order valence-electron chi connectivity index (χ1n) is 6.39. The number of nitrogens with two attached hydrogens (primary N) is 1. The van der Waals surface area contributed by atoms with Crippen LogP contribution in [0.3, 0.4) is 0 Å². The predicted octanol–water partition coefficient (Wildman–Crippen LogP) is 1.84. The maximum atomic E-state index is 11.7. The van der Waals surface area contributed by atoms with Crippen LogP contribution in [0.1, 0.15) is 18.4 Å². The average molecular weight is 245 g/mol. The summed E-state index contributed by atoms with van der Waals surface area (Å²) in [6.07, 6.45) is 2.67. The Morgan fingerprint density at radius 2 is 2.00 bits per heavy atom. The van der Waals surface area contributed by atoms with Gasteiger partial charge in [0.15, 0.2) is 0 Å². The van der Waals surface area contributed by atoms with E-state index in [1.54, 1.807) is 4.90 Å². The van der Waals surface area contributed by atoms with Crippen LogP contribution in [0.15, 0.2) is 35.3 Å². The minimum atomic E-state index is -0.0991. The van der Waals surface area contributed by atoms with E-state index >= 15 is 0 Å². The molecule has 2 amide bonds. The third-order valence-electron chi connectivity index (χ3n) is 3.03. The normalized spacial score (nSPS) is 15.1. The highest BCUT2D eigenvalue weighted by Gasteiger charge is 2.22. The van der Waals surface area contributed by atoms with Crippen LogP contribution in [0.4, 0.5) is 4.79 Å². The van der Waals surface area contributed by atoms with E-state index in [1.807, 2.05) is 18.2 Å². The van der Waals surface area contributed by atoms with Gasteiger partial charge in [-0.3, -0.25) is 0 Å². The van der Waals surface area contributed by atoms with E-state index in [4.69, 9.17) is 5.73 Å². The standard InChI is InChI=1S/C14H19N3O/c15-8-4-5-9-17-11-13(16-14(17)18)10-12-6-2-1-3-7-12/h1-3,6-7H,4-5,8-11,15H2. The zero-order chi connectivity index (χ0) is 12.8. The Labute approximate surface area is 108 Å². The van der Waals surface area contributed by atoms with Crippen LogP contribution < -0.4 is 5.73 Å². The van der Waals surface area contributed by atoms with Gasteiger partial charge in [0.25, 0.3) is 0 Å². The zero-order valence-electron chi connectivity index (χ0n) is 10.5. The Kier molecular flexibility index (Phi) is 4.47. The number of amides is 2. The molecule has 1 aliphatic heterocycles. The van der Waals surface area contributed by atoms with Crippen LogP contribution in [0.25, 0.3) is 0 Å². The second-order valence-electron chi connectivity index (χ2n) is 4.54. The summed E-state index contributed by atoms with van der Waals surface area (Å²) < 4.78 is 0. The number of hydrogen-bond acceptors (Lipinski definition) is 2. The first-order valence-corrected chi connectivity index (χ1v) is 6.39. The van der Waals surface area contributed by atoms with Crippen molar-refractivity contribution in [2.24, 2.45) is 10.7 Å². The van der Waals surface area contributed by atoms with Gasteiger partial charge in [0, 0.05) is 18.7 Å². The number of carbonyl (C=O) groups excluding carboxylic acids is 1. The van der Waals surface area contributed by atoms with Crippen molar-refractivity contribution in [3.05, 3.63) is 35.9 Å². The Morgan fingerprint density at radius 3 is 2.72 bits per heavy atom. The van der Waals surface area contributed by atoms with E-state index in [0.29, 0.717) is 13.1 Å². The molecule has 4 heteroatoms. The summed E-state index contributed by atoms with van der Waals surface area (Å²) in [7, 11) is 0. The maximum Gasteiger partial charge on any atom is 0.343 e. The minimum Gasteiger partial charge on any atom is -0.330 e. The van der Waals surface area contributed by atoms with Gasteiger partial charge in [0.2, 0.25) is 0 Å². The molecule has 2 rings (SSSR count). The molecule has 0 aliphatic carbocycles. The van der Waals surface area contributed by atoms with Gasteiger partial charge in [0.1, 0.15) is 0 Å². The molecule has 0 atom stereocenters. The number of hydrogen-bond donors (Lipinski definition) is 1. The molecule has 0 radical (unpaired) electrons. The van der Waals surface area contributed by atoms with E-state index in [0.717, 1.165) is 31.5 Å². The highest BCUT2D eigenvalue weighted by atomic mass is 16.2. The highest BCUT2D eigenvalue weighted by Crippen LogP contribution is 2.10. The van der Waals surface area contributed by atoms with Gasteiger partial charge in [-0.2, -0.15) is 0 Å². The summed E-state index contributed by atoms with van der Waals surface area (Å²) in [6.45, 7) is 2.11. The third kappa shape index (κ3) is 3.40. The number of nitrogens with zero attached hydrogens (tertiary/aromatic N) is 2.